The van der Waals surface area contributed by atoms with Gasteiger partial charge in [-0.2, -0.15) is 0 Å². The molecule has 1 aliphatic rings. The molecule has 2 nitrogen and oxygen atoms in total. The van der Waals surface area contributed by atoms with E-state index < -0.39 is 0 Å². The quantitative estimate of drug-likeness (QED) is 0.484. The van der Waals surface area contributed by atoms with Crippen LogP contribution in [0.25, 0.3) is 0 Å². The van der Waals surface area contributed by atoms with E-state index in [9.17, 15) is 0 Å². The summed E-state index contributed by atoms with van der Waals surface area (Å²) in [6.07, 6.45) is 1.56. The molecule has 14 heavy (non-hydrogen) atoms. The molecule has 3 heteroatoms. The third-order valence-electron chi connectivity index (χ3n) is 2.35. The van der Waals surface area contributed by atoms with Crippen molar-refractivity contribution in [1.29, 1.82) is 0 Å². The third kappa shape index (κ3) is 2.60. The summed E-state index contributed by atoms with van der Waals surface area (Å²) >= 11 is 2.46. The molecule has 0 spiro atoms. The predicted octanol–water partition coefficient (Wildman–Crippen LogP) is 2.44. The SMILES string of the molecule is COc1ccc(C[C@H](I)[C@@H]2CO2)cc1. The first kappa shape index (κ1) is 10.2. The summed E-state index contributed by atoms with van der Waals surface area (Å²) in [5, 5.41) is 0. The van der Waals surface area contributed by atoms with Gasteiger partial charge in [0.1, 0.15) is 5.75 Å². The fourth-order valence-corrected chi connectivity index (χ4v) is 2.31. The first-order valence-electron chi connectivity index (χ1n) is 4.68. The Kier molecular flexibility index (Phi) is 3.28. The molecule has 0 aliphatic carbocycles. The van der Waals surface area contributed by atoms with Crippen LogP contribution >= 0.6 is 22.6 Å². The molecular formula is C11H13IO2. The number of hydrogen-bond donors (Lipinski definition) is 0. The maximum atomic E-state index is 5.26. The second-order valence-corrected chi connectivity index (χ2v) is 5.04. The fraction of sp³-hybridized carbons (Fsp3) is 0.455. The molecule has 1 fully saturated rings. The highest BCUT2D eigenvalue weighted by atomic mass is 127. The number of hydrogen-bond acceptors (Lipinski definition) is 2. The molecular weight excluding hydrogens is 291 g/mol. The van der Waals surface area contributed by atoms with E-state index in [0.29, 0.717) is 10.0 Å². The van der Waals surface area contributed by atoms with Crippen LogP contribution in [0.15, 0.2) is 24.3 Å². The van der Waals surface area contributed by atoms with Gasteiger partial charge in [0, 0.05) is 3.92 Å². The monoisotopic (exact) mass is 304 g/mol. The van der Waals surface area contributed by atoms with Crippen LogP contribution in [-0.2, 0) is 11.2 Å². The topological polar surface area (TPSA) is 21.8 Å². The third-order valence-corrected chi connectivity index (χ3v) is 3.59. The Morgan fingerprint density at radius 3 is 2.64 bits per heavy atom. The van der Waals surface area contributed by atoms with E-state index >= 15 is 0 Å². The summed E-state index contributed by atoms with van der Waals surface area (Å²) in [4.78, 5) is 0. The van der Waals surface area contributed by atoms with Crippen molar-refractivity contribution in [2.45, 2.75) is 16.4 Å². The zero-order valence-electron chi connectivity index (χ0n) is 8.07. The Hall–Kier alpha value is -0.290. The molecule has 2 rings (SSSR count). The van der Waals surface area contributed by atoms with Crippen LogP contribution in [0.1, 0.15) is 5.56 Å². The first-order valence-corrected chi connectivity index (χ1v) is 5.93. The van der Waals surface area contributed by atoms with E-state index in [0.717, 1.165) is 18.8 Å². The Bertz CT molecular complexity index is 293. The van der Waals surface area contributed by atoms with Crippen molar-refractivity contribution in [3.8, 4) is 5.75 Å². The number of benzene rings is 1. The molecule has 1 aromatic carbocycles. The fourth-order valence-electron chi connectivity index (χ4n) is 1.38. The van der Waals surface area contributed by atoms with Crippen molar-refractivity contribution >= 4 is 22.6 Å². The average Bonchev–Trinajstić information content (AvgIpc) is 3.02. The van der Waals surface area contributed by atoms with Crippen LogP contribution in [0.5, 0.6) is 5.75 Å². The van der Waals surface area contributed by atoms with E-state index in [4.69, 9.17) is 9.47 Å². The van der Waals surface area contributed by atoms with Crippen molar-refractivity contribution in [1.82, 2.24) is 0 Å². The van der Waals surface area contributed by atoms with Gasteiger partial charge < -0.3 is 9.47 Å². The Morgan fingerprint density at radius 1 is 1.50 bits per heavy atom. The molecule has 0 radical (unpaired) electrons. The maximum Gasteiger partial charge on any atom is 0.118 e. The first-order chi connectivity index (χ1) is 6.79. The highest BCUT2D eigenvalue weighted by molar-refractivity contribution is 14.1. The van der Waals surface area contributed by atoms with E-state index in [1.807, 2.05) is 12.1 Å². The van der Waals surface area contributed by atoms with E-state index in [1.165, 1.54) is 5.56 Å². The summed E-state index contributed by atoms with van der Waals surface area (Å²) < 4.78 is 11.0. The second kappa shape index (κ2) is 4.49. The van der Waals surface area contributed by atoms with Gasteiger partial charge in [-0.05, 0) is 24.1 Å². The molecule has 1 aromatic rings. The van der Waals surface area contributed by atoms with Gasteiger partial charge in [0.2, 0.25) is 0 Å². The minimum atomic E-state index is 0.484. The number of halogens is 1. The summed E-state index contributed by atoms with van der Waals surface area (Å²) in [5.41, 5.74) is 1.35. The number of alkyl halides is 1. The zero-order chi connectivity index (χ0) is 9.97. The van der Waals surface area contributed by atoms with Gasteiger partial charge in [-0.25, -0.2) is 0 Å². The lowest BCUT2D eigenvalue weighted by Crippen LogP contribution is -2.09. The number of rotatable bonds is 4. The maximum absolute atomic E-state index is 5.26. The number of epoxide rings is 1. The predicted molar refractivity (Wildman–Crippen MR) is 64.2 cm³/mol. The molecule has 0 N–H and O–H groups in total. The van der Waals surface area contributed by atoms with Crippen LogP contribution in [-0.4, -0.2) is 23.7 Å². The van der Waals surface area contributed by atoms with Crippen molar-refractivity contribution in [2.75, 3.05) is 13.7 Å². The van der Waals surface area contributed by atoms with Gasteiger partial charge in [0.15, 0.2) is 0 Å². The number of methoxy groups -OCH3 is 1. The van der Waals surface area contributed by atoms with Crippen molar-refractivity contribution in [2.24, 2.45) is 0 Å². The number of ether oxygens (including phenoxy) is 2. The van der Waals surface area contributed by atoms with E-state index in [1.54, 1.807) is 7.11 Å². The lowest BCUT2D eigenvalue weighted by atomic mass is 10.1. The summed E-state index contributed by atoms with van der Waals surface area (Å²) in [7, 11) is 1.69. The van der Waals surface area contributed by atoms with Crippen LogP contribution in [0.3, 0.4) is 0 Å². The highest BCUT2D eigenvalue weighted by Gasteiger charge is 2.30. The Labute approximate surface area is 97.7 Å². The zero-order valence-corrected chi connectivity index (χ0v) is 10.2. The van der Waals surface area contributed by atoms with Crippen molar-refractivity contribution in [3.63, 3.8) is 0 Å². The van der Waals surface area contributed by atoms with Gasteiger partial charge in [-0.15, -0.1) is 0 Å². The minimum Gasteiger partial charge on any atom is -0.497 e. The average molecular weight is 304 g/mol. The lowest BCUT2D eigenvalue weighted by Gasteiger charge is -2.07. The van der Waals surface area contributed by atoms with E-state index in [-0.39, 0.29) is 0 Å². The largest absolute Gasteiger partial charge is 0.497 e. The summed E-state index contributed by atoms with van der Waals surface area (Å²) in [6.45, 7) is 0.934. The van der Waals surface area contributed by atoms with Crippen LogP contribution < -0.4 is 4.74 Å². The summed E-state index contributed by atoms with van der Waals surface area (Å²) in [5.74, 6) is 0.918. The Balaban J connectivity index is 1.95. The van der Waals surface area contributed by atoms with Crippen LogP contribution in [0, 0.1) is 0 Å². The molecule has 0 amide bonds. The molecule has 1 heterocycles. The molecule has 0 bridgehead atoms. The molecule has 0 unspecified atom stereocenters. The molecule has 2 atom stereocenters. The highest BCUT2D eigenvalue weighted by Crippen LogP contribution is 2.25. The standard InChI is InChI=1S/C11H13IO2/c1-13-9-4-2-8(3-5-9)6-10(12)11-7-14-11/h2-5,10-11H,6-7H2,1H3/t10-,11-/m0/s1. The molecule has 1 saturated heterocycles. The van der Waals surface area contributed by atoms with Gasteiger partial charge in [0.05, 0.1) is 19.8 Å². The van der Waals surface area contributed by atoms with Crippen LogP contribution in [0.4, 0.5) is 0 Å². The van der Waals surface area contributed by atoms with Crippen LogP contribution in [0.2, 0.25) is 0 Å². The summed E-state index contributed by atoms with van der Waals surface area (Å²) in [6, 6.07) is 8.25. The van der Waals surface area contributed by atoms with Crippen molar-refractivity contribution < 1.29 is 9.47 Å². The van der Waals surface area contributed by atoms with Gasteiger partial charge in [-0.1, -0.05) is 34.7 Å². The van der Waals surface area contributed by atoms with Gasteiger partial charge >= 0.3 is 0 Å². The van der Waals surface area contributed by atoms with Gasteiger partial charge in [0.25, 0.3) is 0 Å². The normalized spacial score (nSPS) is 21.7. The molecule has 1 aliphatic heterocycles. The van der Waals surface area contributed by atoms with E-state index in [2.05, 4.69) is 34.7 Å². The van der Waals surface area contributed by atoms with Gasteiger partial charge in [-0.3, -0.25) is 0 Å². The smallest absolute Gasteiger partial charge is 0.118 e. The van der Waals surface area contributed by atoms with Crippen molar-refractivity contribution in [3.05, 3.63) is 29.8 Å². The molecule has 76 valence electrons. The minimum absolute atomic E-state index is 0.484. The molecule has 0 saturated carbocycles. The Morgan fingerprint density at radius 2 is 2.14 bits per heavy atom. The molecule has 0 aromatic heterocycles. The second-order valence-electron chi connectivity index (χ2n) is 3.44. The lowest BCUT2D eigenvalue weighted by molar-refractivity contribution is 0.405.